The predicted molar refractivity (Wildman–Crippen MR) is 94.6 cm³/mol. The van der Waals surface area contributed by atoms with Crippen molar-refractivity contribution in [3.63, 3.8) is 0 Å². The van der Waals surface area contributed by atoms with Crippen LogP contribution in [0.2, 0.25) is 0 Å². The van der Waals surface area contributed by atoms with E-state index in [1.54, 1.807) is 18.3 Å². The topological polar surface area (TPSA) is 130 Å². The maximum atomic E-state index is 12.3. The second-order valence-electron chi connectivity index (χ2n) is 5.08. The maximum Gasteiger partial charge on any atom is 0.273 e. The van der Waals surface area contributed by atoms with Crippen LogP contribution in [0.1, 0.15) is 5.56 Å². The van der Waals surface area contributed by atoms with E-state index in [9.17, 15) is 20.2 Å². The van der Waals surface area contributed by atoms with Crippen molar-refractivity contribution in [2.24, 2.45) is 0 Å². The van der Waals surface area contributed by atoms with Gasteiger partial charge in [0.15, 0.2) is 0 Å². The number of aromatic nitrogens is 1. The van der Waals surface area contributed by atoms with E-state index in [0.717, 1.165) is 5.56 Å². The number of non-ortho nitro benzene ring substituents is 1. The van der Waals surface area contributed by atoms with E-state index >= 15 is 0 Å². The van der Waals surface area contributed by atoms with Gasteiger partial charge in [0.2, 0.25) is 0 Å². The Bertz CT molecular complexity index is 918. The van der Waals surface area contributed by atoms with Gasteiger partial charge in [-0.05, 0) is 24.6 Å². The summed E-state index contributed by atoms with van der Waals surface area (Å²) in [6.07, 6.45) is 2.82. The molecule has 0 radical (unpaired) electrons. The molecule has 26 heavy (non-hydrogen) atoms. The molecule has 132 valence electrons. The molecule has 0 saturated carbocycles. The number of nitrogens with zero attached hydrogens (tertiary/aromatic N) is 3. The van der Waals surface area contributed by atoms with Gasteiger partial charge in [0, 0.05) is 18.5 Å². The summed E-state index contributed by atoms with van der Waals surface area (Å²) in [6, 6.07) is 9.13. The Morgan fingerprint density at radius 1 is 1.42 bits per heavy atom. The van der Waals surface area contributed by atoms with Gasteiger partial charge >= 0.3 is 0 Å². The fourth-order valence-electron chi connectivity index (χ4n) is 2.01. The average Bonchev–Trinajstić information content (AvgIpc) is 2.63. The molecule has 0 saturated heterocycles. The van der Waals surface area contributed by atoms with Gasteiger partial charge in [0.25, 0.3) is 11.6 Å². The number of carbonyl (C=O) groups is 1. The number of rotatable bonds is 6. The molecule has 1 aromatic heterocycles. The zero-order valence-corrected chi connectivity index (χ0v) is 14.0. The van der Waals surface area contributed by atoms with Crippen LogP contribution in [0.25, 0.3) is 0 Å². The molecule has 0 aliphatic carbocycles. The first-order valence-corrected chi connectivity index (χ1v) is 7.38. The van der Waals surface area contributed by atoms with Gasteiger partial charge < -0.3 is 15.4 Å². The van der Waals surface area contributed by atoms with Crippen LogP contribution in [0.5, 0.6) is 5.75 Å². The van der Waals surface area contributed by atoms with Gasteiger partial charge in [-0.3, -0.25) is 14.9 Å². The molecule has 0 atom stereocenters. The highest BCUT2D eigenvalue weighted by Crippen LogP contribution is 2.29. The molecule has 0 spiro atoms. The van der Waals surface area contributed by atoms with E-state index in [0.29, 0.717) is 5.82 Å². The van der Waals surface area contributed by atoms with Gasteiger partial charge in [-0.2, -0.15) is 5.26 Å². The summed E-state index contributed by atoms with van der Waals surface area (Å²) >= 11 is 0. The second kappa shape index (κ2) is 8.25. The smallest absolute Gasteiger partial charge is 0.273 e. The lowest BCUT2D eigenvalue weighted by atomic mass is 10.2. The minimum Gasteiger partial charge on any atom is -0.494 e. The third kappa shape index (κ3) is 4.33. The van der Waals surface area contributed by atoms with Gasteiger partial charge in [0.1, 0.15) is 23.2 Å². The van der Waals surface area contributed by atoms with E-state index in [2.05, 4.69) is 15.6 Å². The summed E-state index contributed by atoms with van der Waals surface area (Å²) < 4.78 is 5.05. The third-order valence-electron chi connectivity index (χ3n) is 3.37. The van der Waals surface area contributed by atoms with E-state index in [-0.39, 0.29) is 22.7 Å². The molecule has 0 bridgehead atoms. The molecule has 2 rings (SSSR count). The Hall–Kier alpha value is -3.93. The van der Waals surface area contributed by atoms with Gasteiger partial charge in [-0.15, -0.1) is 0 Å². The standard InChI is InChI=1S/C17H15N5O4/c1-11-4-3-7-19-16(11)20-10-12(9-18)17(23)21-14-6-5-13(22(24)25)8-15(14)26-2/h3-8,10H,1-2H3,(H,19,20)(H,21,23)/b12-10-. The molecule has 9 nitrogen and oxygen atoms in total. The minimum absolute atomic E-state index is 0.110. The van der Waals surface area contributed by atoms with Crippen molar-refractivity contribution in [2.45, 2.75) is 6.92 Å². The molecule has 1 heterocycles. The number of methoxy groups -OCH3 is 1. The summed E-state index contributed by atoms with van der Waals surface area (Å²) in [6.45, 7) is 1.83. The van der Waals surface area contributed by atoms with Crippen LogP contribution in [0, 0.1) is 28.4 Å². The van der Waals surface area contributed by atoms with Gasteiger partial charge in [-0.25, -0.2) is 4.98 Å². The van der Waals surface area contributed by atoms with Crippen LogP contribution in [-0.4, -0.2) is 22.9 Å². The monoisotopic (exact) mass is 353 g/mol. The van der Waals surface area contributed by atoms with Crippen LogP contribution < -0.4 is 15.4 Å². The second-order valence-corrected chi connectivity index (χ2v) is 5.08. The number of benzene rings is 1. The molecule has 2 aromatic rings. The lowest BCUT2D eigenvalue weighted by Crippen LogP contribution is -2.15. The molecule has 0 unspecified atom stereocenters. The van der Waals surface area contributed by atoms with Crippen molar-refractivity contribution >= 4 is 23.1 Å². The SMILES string of the molecule is COc1cc([N+](=O)[O-])ccc1NC(=O)/C(C#N)=C\Nc1ncccc1C. The van der Waals surface area contributed by atoms with Crippen LogP contribution in [-0.2, 0) is 4.79 Å². The molecule has 2 N–H and O–H groups in total. The summed E-state index contributed by atoms with van der Waals surface area (Å²) in [5, 5.41) is 25.3. The quantitative estimate of drug-likeness (QED) is 0.353. The van der Waals surface area contributed by atoms with E-state index in [4.69, 9.17) is 4.74 Å². The zero-order chi connectivity index (χ0) is 19.1. The molecule has 1 amide bonds. The lowest BCUT2D eigenvalue weighted by molar-refractivity contribution is -0.384. The van der Waals surface area contributed by atoms with Crippen LogP contribution in [0.15, 0.2) is 48.3 Å². The molecule has 0 aliphatic rings. The molecule has 1 aromatic carbocycles. The first-order valence-electron chi connectivity index (χ1n) is 7.38. The first kappa shape index (κ1) is 18.4. The van der Waals surface area contributed by atoms with Gasteiger partial charge in [-0.1, -0.05) is 6.07 Å². The fourth-order valence-corrected chi connectivity index (χ4v) is 2.01. The Morgan fingerprint density at radius 3 is 2.81 bits per heavy atom. The Morgan fingerprint density at radius 2 is 2.19 bits per heavy atom. The summed E-state index contributed by atoms with van der Waals surface area (Å²) in [5.74, 6) is -0.0694. The van der Waals surface area contributed by atoms with Crippen molar-refractivity contribution in [1.29, 1.82) is 5.26 Å². The molecular formula is C17H15N5O4. The number of nitro groups is 1. The number of nitrogens with one attached hydrogen (secondary N) is 2. The lowest BCUT2D eigenvalue weighted by Gasteiger charge is -2.10. The zero-order valence-electron chi connectivity index (χ0n) is 14.0. The normalized spacial score (nSPS) is 10.6. The summed E-state index contributed by atoms with van der Waals surface area (Å²) in [4.78, 5) is 26.6. The number of hydrogen-bond acceptors (Lipinski definition) is 7. The highest BCUT2D eigenvalue weighted by molar-refractivity contribution is 6.07. The van der Waals surface area contributed by atoms with E-state index < -0.39 is 10.8 Å². The number of hydrogen-bond donors (Lipinski definition) is 2. The largest absolute Gasteiger partial charge is 0.494 e. The highest BCUT2D eigenvalue weighted by atomic mass is 16.6. The Labute approximate surface area is 149 Å². The van der Waals surface area contributed by atoms with Crippen molar-refractivity contribution in [3.8, 4) is 11.8 Å². The average molecular weight is 353 g/mol. The Kier molecular flexibility index (Phi) is 5.84. The van der Waals surface area contributed by atoms with Crippen LogP contribution in [0.4, 0.5) is 17.2 Å². The third-order valence-corrected chi connectivity index (χ3v) is 3.37. The number of nitriles is 1. The number of aryl methyl sites for hydroxylation is 1. The van der Waals surface area contributed by atoms with Crippen molar-refractivity contribution < 1.29 is 14.5 Å². The summed E-state index contributed by atoms with van der Waals surface area (Å²) in [5.41, 5.74) is 0.676. The summed E-state index contributed by atoms with van der Waals surface area (Å²) in [7, 11) is 1.32. The molecule has 0 aliphatic heterocycles. The van der Waals surface area contributed by atoms with Crippen molar-refractivity contribution in [2.75, 3.05) is 17.7 Å². The number of anilines is 2. The molecule has 0 fully saturated rings. The van der Waals surface area contributed by atoms with E-state index in [1.165, 1.54) is 31.5 Å². The van der Waals surface area contributed by atoms with Crippen LogP contribution >= 0.6 is 0 Å². The molecular weight excluding hydrogens is 338 g/mol. The van der Waals surface area contributed by atoms with Gasteiger partial charge in [0.05, 0.1) is 23.8 Å². The minimum atomic E-state index is -0.694. The predicted octanol–water partition coefficient (Wildman–Crippen LogP) is 2.76. The van der Waals surface area contributed by atoms with E-state index in [1.807, 2.05) is 13.0 Å². The van der Waals surface area contributed by atoms with Crippen molar-refractivity contribution in [1.82, 2.24) is 4.98 Å². The maximum absolute atomic E-state index is 12.3. The molecule has 9 heteroatoms. The number of pyridine rings is 1. The van der Waals surface area contributed by atoms with Crippen LogP contribution in [0.3, 0.4) is 0 Å². The number of carbonyl (C=O) groups excluding carboxylic acids is 1. The highest BCUT2D eigenvalue weighted by Gasteiger charge is 2.15. The number of ether oxygens (including phenoxy) is 1. The number of nitro benzene ring substituents is 1. The first-order chi connectivity index (χ1) is 12.5. The number of amides is 1. The van der Waals surface area contributed by atoms with Crippen molar-refractivity contribution in [3.05, 3.63) is 64.0 Å². The Balaban J connectivity index is 2.19. The fraction of sp³-hybridized carbons (Fsp3) is 0.118.